The van der Waals surface area contributed by atoms with E-state index in [4.69, 9.17) is 0 Å². The first-order valence-electron chi connectivity index (χ1n) is 9.42. The Balaban J connectivity index is 1.22. The van der Waals surface area contributed by atoms with Crippen LogP contribution in [-0.2, 0) is 4.79 Å². The Bertz CT molecular complexity index is 628. The molecule has 2 amide bonds. The molecule has 6 heteroatoms. The molecular formula is C19H26N4O2. The Labute approximate surface area is 148 Å². The number of carbonyl (C=O) groups excluding carboxylic acids is 2. The van der Waals surface area contributed by atoms with Gasteiger partial charge in [0.15, 0.2) is 0 Å². The van der Waals surface area contributed by atoms with Crippen LogP contribution >= 0.6 is 0 Å². The average Bonchev–Trinajstić information content (AvgIpc) is 3.30. The minimum Gasteiger partial charge on any atom is -0.342 e. The fraction of sp³-hybridized carbons (Fsp3) is 0.632. The van der Waals surface area contributed by atoms with Crippen molar-refractivity contribution >= 4 is 11.8 Å². The van der Waals surface area contributed by atoms with Crippen molar-refractivity contribution in [2.24, 2.45) is 11.8 Å². The van der Waals surface area contributed by atoms with E-state index in [2.05, 4.69) is 15.2 Å². The van der Waals surface area contributed by atoms with Gasteiger partial charge in [0.05, 0.1) is 6.54 Å². The smallest absolute Gasteiger partial charge is 0.270 e. The van der Waals surface area contributed by atoms with E-state index in [0.717, 1.165) is 44.1 Å². The highest BCUT2D eigenvalue weighted by molar-refractivity contribution is 5.94. The molecule has 6 nitrogen and oxygen atoms in total. The summed E-state index contributed by atoms with van der Waals surface area (Å²) in [5.41, 5.74) is 0.344. The molecule has 134 valence electrons. The summed E-state index contributed by atoms with van der Waals surface area (Å²) >= 11 is 0. The maximum absolute atomic E-state index is 12.4. The van der Waals surface area contributed by atoms with Crippen molar-refractivity contribution < 1.29 is 9.59 Å². The van der Waals surface area contributed by atoms with Crippen molar-refractivity contribution in [3.05, 3.63) is 30.1 Å². The molecule has 1 saturated heterocycles. The summed E-state index contributed by atoms with van der Waals surface area (Å²) in [6.45, 7) is 3.52. The third-order valence-electron chi connectivity index (χ3n) is 6.13. The van der Waals surface area contributed by atoms with Gasteiger partial charge in [0.1, 0.15) is 5.69 Å². The van der Waals surface area contributed by atoms with Crippen LogP contribution in [0.3, 0.4) is 0 Å². The first-order valence-corrected chi connectivity index (χ1v) is 9.42. The highest BCUT2D eigenvalue weighted by Crippen LogP contribution is 2.46. The van der Waals surface area contributed by atoms with Crippen molar-refractivity contribution in [2.45, 2.75) is 31.7 Å². The second-order valence-electron chi connectivity index (χ2n) is 7.56. The topological polar surface area (TPSA) is 65.5 Å². The molecule has 1 aromatic rings. The highest BCUT2D eigenvalue weighted by Gasteiger charge is 2.42. The summed E-state index contributed by atoms with van der Waals surface area (Å²) in [7, 11) is 0. The van der Waals surface area contributed by atoms with Crippen LogP contribution in [0.2, 0.25) is 0 Å². The van der Waals surface area contributed by atoms with Crippen LogP contribution in [0.25, 0.3) is 0 Å². The molecule has 0 radical (unpaired) electrons. The van der Waals surface area contributed by atoms with Crippen LogP contribution in [0.5, 0.6) is 0 Å². The number of aromatic nitrogens is 1. The molecule has 1 N–H and O–H groups in total. The molecule has 2 saturated carbocycles. The van der Waals surface area contributed by atoms with Crippen molar-refractivity contribution in [1.29, 1.82) is 0 Å². The van der Waals surface area contributed by atoms with Gasteiger partial charge >= 0.3 is 0 Å². The van der Waals surface area contributed by atoms with E-state index in [-0.39, 0.29) is 18.4 Å². The van der Waals surface area contributed by atoms with Crippen molar-refractivity contribution in [3.63, 3.8) is 0 Å². The van der Waals surface area contributed by atoms with Crippen LogP contribution in [0.1, 0.15) is 36.2 Å². The summed E-state index contributed by atoms with van der Waals surface area (Å²) in [6, 6.07) is 5.92. The van der Waals surface area contributed by atoms with Crippen molar-refractivity contribution in [1.82, 2.24) is 20.1 Å². The van der Waals surface area contributed by atoms with Gasteiger partial charge < -0.3 is 10.2 Å². The van der Waals surface area contributed by atoms with Gasteiger partial charge in [0, 0.05) is 38.4 Å². The van der Waals surface area contributed by atoms with Crippen LogP contribution in [0.15, 0.2) is 24.4 Å². The number of fused-ring (bicyclic) bond motifs is 2. The minimum absolute atomic E-state index is 0.00289. The van der Waals surface area contributed by atoms with E-state index in [1.165, 1.54) is 25.7 Å². The SMILES string of the molecule is O=C(NCC(=O)N1CCN(C2CC3CCC2C3)CC1)c1ccccn1. The molecule has 2 bridgehead atoms. The van der Waals surface area contributed by atoms with Crippen LogP contribution in [0, 0.1) is 11.8 Å². The summed E-state index contributed by atoms with van der Waals surface area (Å²) in [6.07, 6.45) is 7.18. The normalized spacial score (nSPS) is 29.0. The fourth-order valence-electron chi connectivity index (χ4n) is 4.82. The van der Waals surface area contributed by atoms with E-state index in [9.17, 15) is 9.59 Å². The Morgan fingerprint density at radius 1 is 1.12 bits per heavy atom. The Hall–Kier alpha value is -1.95. The Morgan fingerprint density at radius 3 is 2.60 bits per heavy atom. The van der Waals surface area contributed by atoms with E-state index in [1.807, 2.05) is 4.90 Å². The van der Waals surface area contributed by atoms with Gasteiger partial charge in [-0.15, -0.1) is 0 Å². The maximum atomic E-state index is 12.4. The zero-order valence-corrected chi connectivity index (χ0v) is 14.6. The van der Waals surface area contributed by atoms with Crippen molar-refractivity contribution in [2.75, 3.05) is 32.7 Å². The second-order valence-corrected chi connectivity index (χ2v) is 7.56. The van der Waals surface area contributed by atoms with E-state index >= 15 is 0 Å². The third-order valence-corrected chi connectivity index (χ3v) is 6.13. The van der Waals surface area contributed by atoms with E-state index in [0.29, 0.717) is 5.69 Å². The van der Waals surface area contributed by atoms with Gasteiger partial charge in [-0.05, 0) is 43.2 Å². The van der Waals surface area contributed by atoms with Crippen LogP contribution in [-0.4, -0.2) is 65.4 Å². The van der Waals surface area contributed by atoms with Crippen molar-refractivity contribution in [3.8, 4) is 0 Å². The number of pyridine rings is 1. The predicted molar refractivity (Wildman–Crippen MR) is 94.0 cm³/mol. The quantitative estimate of drug-likeness (QED) is 0.891. The van der Waals surface area contributed by atoms with E-state index in [1.54, 1.807) is 24.4 Å². The number of hydrogen-bond donors (Lipinski definition) is 1. The number of rotatable bonds is 4. The Kier molecular flexibility index (Phi) is 4.70. The number of piperazine rings is 1. The summed E-state index contributed by atoms with van der Waals surface area (Å²) < 4.78 is 0. The molecule has 3 fully saturated rings. The molecule has 1 aromatic heterocycles. The number of amides is 2. The average molecular weight is 342 g/mol. The molecule has 1 aliphatic heterocycles. The maximum Gasteiger partial charge on any atom is 0.270 e. The molecule has 3 aliphatic rings. The third kappa shape index (κ3) is 3.54. The van der Waals surface area contributed by atoms with E-state index < -0.39 is 0 Å². The zero-order valence-electron chi connectivity index (χ0n) is 14.6. The number of hydrogen-bond acceptors (Lipinski definition) is 4. The lowest BCUT2D eigenvalue weighted by atomic mass is 9.93. The van der Waals surface area contributed by atoms with Gasteiger partial charge in [0.25, 0.3) is 5.91 Å². The van der Waals surface area contributed by atoms with Crippen LogP contribution in [0.4, 0.5) is 0 Å². The minimum atomic E-state index is -0.297. The van der Waals surface area contributed by atoms with Gasteiger partial charge in [-0.3, -0.25) is 19.5 Å². The largest absolute Gasteiger partial charge is 0.342 e. The van der Waals surface area contributed by atoms with Gasteiger partial charge in [-0.1, -0.05) is 12.5 Å². The first-order chi connectivity index (χ1) is 12.2. The summed E-state index contributed by atoms with van der Waals surface area (Å²) in [4.78, 5) is 32.8. The lowest BCUT2D eigenvalue weighted by molar-refractivity contribution is -0.132. The summed E-state index contributed by atoms with van der Waals surface area (Å²) in [5, 5.41) is 2.68. The standard InChI is InChI=1S/C19H26N4O2/c24-18(13-21-19(25)16-3-1-2-6-20-16)23-9-7-22(8-10-23)17-12-14-4-5-15(17)11-14/h1-3,6,14-15,17H,4-5,7-13H2,(H,21,25). The fourth-order valence-corrected chi connectivity index (χ4v) is 4.82. The second kappa shape index (κ2) is 7.12. The molecule has 2 heterocycles. The lowest BCUT2D eigenvalue weighted by Crippen LogP contribution is -2.54. The lowest BCUT2D eigenvalue weighted by Gasteiger charge is -2.41. The molecule has 0 aromatic carbocycles. The molecule has 4 rings (SSSR count). The number of nitrogens with one attached hydrogen (secondary N) is 1. The molecule has 3 unspecified atom stereocenters. The predicted octanol–water partition coefficient (Wildman–Crippen LogP) is 1.14. The molecule has 25 heavy (non-hydrogen) atoms. The van der Waals surface area contributed by atoms with Gasteiger partial charge in [-0.25, -0.2) is 0 Å². The summed E-state index contributed by atoms with van der Waals surface area (Å²) in [5.74, 6) is 1.55. The molecular weight excluding hydrogens is 316 g/mol. The highest BCUT2D eigenvalue weighted by atomic mass is 16.2. The Morgan fingerprint density at radius 2 is 1.96 bits per heavy atom. The first kappa shape index (κ1) is 16.5. The monoisotopic (exact) mass is 342 g/mol. The number of carbonyl (C=O) groups is 2. The van der Waals surface area contributed by atoms with Gasteiger partial charge in [0.2, 0.25) is 5.91 Å². The molecule has 3 atom stereocenters. The molecule has 0 spiro atoms. The molecule has 2 aliphatic carbocycles. The van der Waals surface area contributed by atoms with Crippen LogP contribution < -0.4 is 5.32 Å². The number of nitrogens with zero attached hydrogens (tertiary/aromatic N) is 3. The van der Waals surface area contributed by atoms with Gasteiger partial charge in [-0.2, -0.15) is 0 Å². The zero-order chi connectivity index (χ0) is 17.2.